The molecule has 7 nitrogen and oxygen atoms in total. The van der Waals surface area contributed by atoms with Gasteiger partial charge in [0.2, 0.25) is 11.8 Å². The van der Waals surface area contributed by atoms with Crippen molar-refractivity contribution >= 4 is 41.5 Å². The van der Waals surface area contributed by atoms with E-state index in [0.717, 1.165) is 35.5 Å². The summed E-state index contributed by atoms with van der Waals surface area (Å²) in [6.07, 6.45) is 3.00. The second-order valence-corrected chi connectivity index (χ2v) is 7.56. The fraction of sp³-hybridized carbons (Fsp3) is 0.320. The summed E-state index contributed by atoms with van der Waals surface area (Å²) in [5.41, 5.74) is 4.75. The van der Waals surface area contributed by atoms with Gasteiger partial charge in [0.25, 0.3) is 0 Å². The number of anilines is 1. The fourth-order valence-corrected chi connectivity index (χ4v) is 3.10. The number of nitrogens with one attached hydrogen (secondary N) is 3. The molecule has 3 rings (SSSR count). The highest BCUT2D eigenvalue weighted by Crippen LogP contribution is 2.19. The number of aryl methyl sites for hydroxylation is 1. The van der Waals surface area contributed by atoms with Gasteiger partial charge in [0, 0.05) is 24.2 Å². The van der Waals surface area contributed by atoms with Crippen molar-refractivity contribution in [3.63, 3.8) is 0 Å². The minimum absolute atomic E-state index is 0. The van der Waals surface area contributed by atoms with Crippen LogP contribution in [0.4, 0.5) is 5.69 Å². The Hall–Kier alpha value is -2.88. The van der Waals surface area contributed by atoms with E-state index in [0.29, 0.717) is 31.4 Å². The summed E-state index contributed by atoms with van der Waals surface area (Å²) in [6.45, 7) is 7.78. The molecular weight excluding hydrogens is 529 g/mol. The Morgan fingerprint density at radius 1 is 1.09 bits per heavy atom. The molecule has 0 bridgehead atoms. The molecule has 0 aliphatic heterocycles. The number of carbonyl (C=O) groups excluding carboxylic acids is 1. The monoisotopic (exact) mass is 561 g/mol. The van der Waals surface area contributed by atoms with Gasteiger partial charge in [0.05, 0.1) is 18.8 Å². The van der Waals surface area contributed by atoms with Gasteiger partial charge in [-0.2, -0.15) is 0 Å². The van der Waals surface area contributed by atoms with Gasteiger partial charge in [-0.1, -0.05) is 36.8 Å². The zero-order valence-corrected chi connectivity index (χ0v) is 21.7. The van der Waals surface area contributed by atoms with Gasteiger partial charge in [0.1, 0.15) is 6.26 Å². The van der Waals surface area contributed by atoms with E-state index >= 15 is 0 Å². The highest BCUT2D eigenvalue weighted by atomic mass is 127. The fourth-order valence-electron chi connectivity index (χ4n) is 3.10. The third kappa shape index (κ3) is 8.53. The molecule has 1 heterocycles. The Morgan fingerprint density at radius 2 is 1.88 bits per heavy atom. The number of nitrogens with zero attached hydrogens (tertiary/aromatic N) is 2. The van der Waals surface area contributed by atoms with E-state index in [9.17, 15) is 4.79 Å². The molecule has 3 N–H and O–H groups in total. The summed E-state index contributed by atoms with van der Waals surface area (Å²) in [5, 5.41) is 9.46. The Morgan fingerprint density at radius 3 is 2.61 bits per heavy atom. The lowest BCUT2D eigenvalue weighted by atomic mass is 10.1. The number of halogens is 1. The number of aliphatic imine (C=N–C) groups is 1. The zero-order chi connectivity index (χ0) is 22.8. The van der Waals surface area contributed by atoms with E-state index in [1.165, 1.54) is 5.56 Å². The largest absolute Gasteiger partial charge is 0.444 e. The minimum Gasteiger partial charge on any atom is -0.444 e. The Kier molecular flexibility index (Phi) is 10.9. The molecule has 0 aliphatic rings. The molecule has 0 fully saturated rings. The Bertz CT molecular complexity index is 1050. The minimum atomic E-state index is 0. The first-order valence-electron chi connectivity index (χ1n) is 11.0. The summed E-state index contributed by atoms with van der Waals surface area (Å²) in [7, 11) is 0. The number of carbonyl (C=O) groups is 1. The summed E-state index contributed by atoms with van der Waals surface area (Å²) >= 11 is 0. The van der Waals surface area contributed by atoms with Gasteiger partial charge in [-0.05, 0) is 50.1 Å². The number of guanidine groups is 1. The molecule has 0 radical (unpaired) electrons. The molecule has 0 unspecified atom stereocenters. The predicted octanol–water partition coefficient (Wildman–Crippen LogP) is 5.26. The van der Waals surface area contributed by atoms with Crippen molar-refractivity contribution in [2.75, 3.05) is 11.9 Å². The third-order valence-electron chi connectivity index (χ3n) is 4.74. The number of hydrogen-bond acceptors (Lipinski definition) is 4. The number of aromatic nitrogens is 1. The van der Waals surface area contributed by atoms with Crippen LogP contribution in [-0.2, 0) is 17.9 Å². The first-order chi connectivity index (χ1) is 15.6. The zero-order valence-electron chi connectivity index (χ0n) is 19.4. The van der Waals surface area contributed by atoms with E-state index in [2.05, 4.69) is 32.9 Å². The molecule has 2 aromatic carbocycles. The van der Waals surface area contributed by atoms with E-state index < -0.39 is 0 Å². The molecule has 3 aromatic rings. The van der Waals surface area contributed by atoms with Crippen molar-refractivity contribution < 1.29 is 9.21 Å². The van der Waals surface area contributed by atoms with E-state index in [4.69, 9.17) is 4.42 Å². The SMILES string of the molecule is CCCC(=O)Nc1cccc(CN=C(NCC)NCc2coc(-c3ccc(C)cc3)n2)c1.I. The highest BCUT2D eigenvalue weighted by molar-refractivity contribution is 14.0. The number of rotatable bonds is 9. The third-order valence-corrected chi connectivity index (χ3v) is 4.74. The van der Waals surface area contributed by atoms with E-state index in [1.54, 1.807) is 6.26 Å². The van der Waals surface area contributed by atoms with Crippen LogP contribution in [0.5, 0.6) is 0 Å². The van der Waals surface area contributed by atoms with Crippen LogP contribution in [0.1, 0.15) is 43.5 Å². The second-order valence-electron chi connectivity index (χ2n) is 7.56. The molecule has 33 heavy (non-hydrogen) atoms. The average Bonchev–Trinajstić information content (AvgIpc) is 3.25. The van der Waals surface area contributed by atoms with Crippen LogP contribution >= 0.6 is 24.0 Å². The van der Waals surface area contributed by atoms with Crippen LogP contribution in [0.2, 0.25) is 0 Å². The average molecular weight is 561 g/mol. The molecule has 0 saturated carbocycles. The van der Waals surface area contributed by atoms with Crippen molar-refractivity contribution in [3.8, 4) is 11.5 Å². The number of hydrogen-bond donors (Lipinski definition) is 3. The van der Waals surface area contributed by atoms with Crippen molar-refractivity contribution in [1.82, 2.24) is 15.6 Å². The lowest BCUT2D eigenvalue weighted by Gasteiger charge is -2.10. The van der Waals surface area contributed by atoms with Gasteiger partial charge < -0.3 is 20.4 Å². The Balaban J connectivity index is 0.00000385. The lowest BCUT2D eigenvalue weighted by Crippen LogP contribution is -2.36. The highest BCUT2D eigenvalue weighted by Gasteiger charge is 2.08. The first-order valence-corrected chi connectivity index (χ1v) is 11.0. The van der Waals surface area contributed by atoms with Crippen LogP contribution < -0.4 is 16.0 Å². The molecule has 0 spiro atoms. The van der Waals surface area contributed by atoms with Gasteiger partial charge in [-0.3, -0.25) is 4.79 Å². The number of oxazole rings is 1. The molecule has 0 saturated heterocycles. The molecular formula is C25H32IN5O2. The van der Waals surface area contributed by atoms with Crippen LogP contribution in [-0.4, -0.2) is 23.4 Å². The van der Waals surface area contributed by atoms with Crippen LogP contribution in [0, 0.1) is 6.92 Å². The number of amides is 1. The number of benzene rings is 2. The smallest absolute Gasteiger partial charge is 0.226 e. The van der Waals surface area contributed by atoms with Crippen molar-refractivity contribution in [2.45, 2.75) is 46.7 Å². The summed E-state index contributed by atoms with van der Waals surface area (Å²) < 4.78 is 5.63. The Labute approximate surface area is 212 Å². The van der Waals surface area contributed by atoms with Gasteiger partial charge in [0.15, 0.2) is 5.96 Å². The van der Waals surface area contributed by atoms with E-state index in [1.807, 2.05) is 62.4 Å². The van der Waals surface area contributed by atoms with Gasteiger partial charge >= 0.3 is 0 Å². The summed E-state index contributed by atoms with van der Waals surface area (Å²) in [6, 6.07) is 15.8. The summed E-state index contributed by atoms with van der Waals surface area (Å²) in [4.78, 5) is 21.0. The molecule has 0 aliphatic carbocycles. The van der Waals surface area contributed by atoms with Crippen molar-refractivity contribution in [3.05, 3.63) is 71.6 Å². The summed E-state index contributed by atoms with van der Waals surface area (Å²) in [5.74, 6) is 1.32. The van der Waals surface area contributed by atoms with Crippen LogP contribution in [0.15, 0.2) is 64.2 Å². The van der Waals surface area contributed by atoms with Crippen molar-refractivity contribution in [1.29, 1.82) is 0 Å². The van der Waals surface area contributed by atoms with E-state index in [-0.39, 0.29) is 29.9 Å². The topological polar surface area (TPSA) is 91.5 Å². The lowest BCUT2D eigenvalue weighted by molar-refractivity contribution is -0.116. The molecule has 8 heteroatoms. The maximum absolute atomic E-state index is 11.8. The molecule has 176 valence electrons. The molecule has 0 atom stereocenters. The standard InChI is InChI=1S/C25H31N5O2.HI/c1-4-7-23(31)29-21-9-6-8-19(14-21)15-27-25(26-5-2)28-16-22-17-32-24(30-22)20-12-10-18(3)11-13-20;/h6,8-14,17H,4-5,7,15-16H2,1-3H3,(H,29,31)(H2,26,27,28);1H. The quantitative estimate of drug-likeness (QED) is 0.188. The second kappa shape index (κ2) is 13.6. The predicted molar refractivity (Wildman–Crippen MR) is 144 cm³/mol. The molecule has 1 amide bonds. The van der Waals surface area contributed by atoms with Gasteiger partial charge in [-0.15, -0.1) is 24.0 Å². The van der Waals surface area contributed by atoms with Crippen molar-refractivity contribution in [2.24, 2.45) is 4.99 Å². The molecule has 1 aromatic heterocycles. The maximum atomic E-state index is 11.8. The first kappa shape index (κ1) is 26.4. The van der Waals surface area contributed by atoms with Crippen LogP contribution in [0.3, 0.4) is 0 Å². The normalized spacial score (nSPS) is 10.9. The maximum Gasteiger partial charge on any atom is 0.226 e. The van der Waals surface area contributed by atoms with Gasteiger partial charge in [-0.25, -0.2) is 9.98 Å². The van der Waals surface area contributed by atoms with Crippen LogP contribution in [0.25, 0.3) is 11.5 Å².